The van der Waals surface area contributed by atoms with Crippen LogP contribution in [0.15, 0.2) is 4.42 Å². The standard InChI is InChI=1S/C11H19N5O2/c1-8(2)12-10(17)15-4-6-16(7-5-15)11-14-13-9(3)18-11/h8H,4-7H2,1-3H3,(H,12,17). The first kappa shape index (κ1) is 12.7. The molecule has 0 bridgehead atoms. The Morgan fingerprint density at radius 3 is 2.44 bits per heavy atom. The van der Waals surface area contributed by atoms with E-state index in [0.717, 1.165) is 0 Å². The van der Waals surface area contributed by atoms with Gasteiger partial charge in [0.25, 0.3) is 0 Å². The number of anilines is 1. The second kappa shape index (κ2) is 5.24. The van der Waals surface area contributed by atoms with Crippen LogP contribution in [0, 0.1) is 6.92 Å². The minimum Gasteiger partial charge on any atom is -0.408 e. The fourth-order valence-corrected chi connectivity index (χ4v) is 1.85. The maximum Gasteiger partial charge on any atom is 0.318 e. The van der Waals surface area contributed by atoms with E-state index in [1.807, 2.05) is 18.7 Å². The van der Waals surface area contributed by atoms with Crippen molar-refractivity contribution in [1.29, 1.82) is 0 Å². The van der Waals surface area contributed by atoms with Gasteiger partial charge in [0, 0.05) is 39.1 Å². The lowest BCUT2D eigenvalue weighted by Crippen LogP contribution is -2.53. The highest BCUT2D eigenvalue weighted by Crippen LogP contribution is 2.14. The van der Waals surface area contributed by atoms with Gasteiger partial charge in [-0.1, -0.05) is 5.10 Å². The predicted molar refractivity (Wildman–Crippen MR) is 66.5 cm³/mol. The van der Waals surface area contributed by atoms with E-state index in [2.05, 4.69) is 15.5 Å². The van der Waals surface area contributed by atoms with Crippen molar-refractivity contribution in [3.8, 4) is 0 Å². The van der Waals surface area contributed by atoms with Crippen LogP contribution in [0.3, 0.4) is 0 Å². The summed E-state index contributed by atoms with van der Waals surface area (Å²) in [5.74, 6) is 0.560. The van der Waals surface area contributed by atoms with Gasteiger partial charge in [-0.3, -0.25) is 0 Å². The molecule has 1 aliphatic rings. The van der Waals surface area contributed by atoms with E-state index >= 15 is 0 Å². The topological polar surface area (TPSA) is 74.5 Å². The molecule has 0 aromatic carbocycles. The number of nitrogens with one attached hydrogen (secondary N) is 1. The van der Waals surface area contributed by atoms with Gasteiger partial charge < -0.3 is 19.5 Å². The summed E-state index contributed by atoms with van der Waals surface area (Å²) >= 11 is 0. The molecule has 1 saturated heterocycles. The highest BCUT2D eigenvalue weighted by Gasteiger charge is 2.23. The van der Waals surface area contributed by atoms with Gasteiger partial charge >= 0.3 is 12.0 Å². The fraction of sp³-hybridized carbons (Fsp3) is 0.727. The van der Waals surface area contributed by atoms with Gasteiger partial charge in [0.1, 0.15) is 0 Å². The highest BCUT2D eigenvalue weighted by atomic mass is 16.4. The van der Waals surface area contributed by atoms with Gasteiger partial charge in [-0.15, -0.1) is 5.10 Å². The summed E-state index contributed by atoms with van der Waals surface area (Å²) in [6.45, 7) is 8.44. The second-order valence-corrected chi connectivity index (χ2v) is 4.68. The lowest BCUT2D eigenvalue weighted by atomic mass is 10.3. The van der Waals surface area contributed by atoms with Gasteiger partial charge in [-0.25, -0.2) is 4.79 Å². The first-order valence-corrected chi connectivity index (χ1v) is 6.17. The van der Waals surface area contributed by atoms with Crippen molar-refractivity contribution in [2.45, 2.75) is 26.8 Å². The molecule has 0 radical (unpaired) electrons. The fourth-order valence-electron chi connectivity index (χ4n) is 1.85. The molecule has 7 nitrogen and oxygen atoms in total. The number of carbonyl (C=O) groups is 1. The van der Waals surface area contributed by atoms with Crippen LogP contribution < -0.4 is 10.2 Å². The van der Waals surface area contributed by atoms with Gasteiger partial charge in [-0.05, 0) is 13.8 Å². The monoisotopic (exact) mass is 253 g/mol. The molecular weight excluding hydrogens is 234 g/mol. The third-order valence-corrected chi connectivity index (χ3v) is 2.76. The van der Waals surface area contributed by atoms with Crippen LogP contribution in [0.25, 0.3) is 0 Å². The van der Waals surface area contributed by atoms with Crippen LogP contribution in [-0.2, 0) is 0 Å². The molecule has 18 heavy (non-hydrogen) atoms. The molecule has 1 aliphatic heterocycles. The van der Waals surface area contributed by atoms with Crippen LogP contribution in [0.1, 0.15) is 19.7 Å². The smallest absolute Gasteiger partial charge is 0.318 e. The van der Waals surface area contributed by atoms with E-state index in [1.54, 1.807) is 11.8 Å². The Morgan fingerprint density at radius 1 is 1.28 bits per heavy atom. The van der Waals surface area contributed by atoms with Crippen molar-refractivity contribution < 1.29 is 9.21 Å². The molecule has 2 rings (SSSR count). The Bertz CT molecular complexity index is 409. The van der Waals surface area contributed by atoms with Crippen molar-refractivity contribution in [2.75, 3.05) is 31.1 Å². The Kier molecular flexibility index (Phi) is 3.69. The molecular formula is C11H19N5O2. The zero-order valence-electron chi connectivity index (χ0n) is 11.0. The molecule has 0 saturated carbocycles. The SMILES string of the molecule is Cc1nnc(N2CCN(C(=O)NC(C)C)CC2)o1. The third-order valence-electron chi connectivity index (χ3n) is 2.76. The van der Waals surface area contributed by atoms with Crippen molar-refractivity contribution >= 4 is 12.0 Å². The number of hydrogen-bond acceptors (Lipinski definition) is 5. The number of aryl methyl sites for hydroxylation is 1. The summed E-state index contributed by atoms with van der Waals surface area (Å²) in [4.78, 5) is 15.6. The minimum atomic E-state index is -0.00800. The zero-order valence-corrected chi connectivity index (χ0v) is 11.0. The van der Waals surface area contributed by atoms with Gasteiger partial charge in [0.05, 0.1) is 0 Å². The van der Waals surface area contributed by atoms with Crippen molar-refractivity contribution in [2.24, 2.45) is 0 Å². The van der Waals surface area contributed by atoms with E-state index < -0.39 is 0 Å². The minimum absolute atomic E-state index is 0.00800. The lowest BCUT2D eigenvalue weighted by Gasteiger charge is -2.33. The summed E-state index contributed by atoms with van der Waals surface area (Å²) in [6.07, 6.45) is 0. The van der Waals surface area contributed by atoms with E-state index in [4.69, 9.17) is 4.42 Å². The molecule has 1 aromatic rings. The first-order chi connectivity index (χ1) is 8.56. The number of amides is 2. The number of urea groups is 1. The van der Waals surface area contributed by atoms with Crippen molar-refractivity contribution in [1.82, 2.24) is 20.4 Å². The molecule has 1 N–H and O–H groups in total. The Balaban J connectivity index is 1.86. The molecule has 100 valence electrons. The quantitative estimate of drug-likeness (QED) is 0.836. The van der Waals surface area contributed by atoms with Gasteiger partial charge in [0.15, 0.2) is 0 Å². The van der Waals surface area contributed by atoms with E-state index in [9.17, 15) is 4.79 Å². The molecule has 2 heterocycles. The number of rotatable bonds is 2. The highest BCUT2D eigenvalue weighted by molar-refractivity contribution is 5.74. The number of hydrogen-bond donors (Lipinski definition) is 1. The average molecular weight is 253 g/mol. The maximum atomic E-state index is 11.8. The molecule has 0 spiro atoms. The molecule has 0 aliphatic carbocycles. The predicted octanol–water partition coefficient (Wildman–Crippen LogP) is 0.618. The van der Waals surface area contributed by atoms with Crippen molar-refractivity contribution in [3.63, 3.8) is 0 Å². The van der Waals surface area contributed by atoms with Crippen LogP contribution in [0.2, 0.25) is 0 Å². The summed E-state index contributed by atoms with van der Waals surface area (Å²) in [6, 6.07) is 0.692. The Hall–Kier alpha value is -1.79. The van der Waals surface area contributed by atoms with Gasteiger partial charge in [-0.2, -0.15) is 0 Å². The molecule has 0 unspecified atom stereocenters. The van der Waals surface area contributed by atoms with Crippen LogP contribution in [-0.4, -0.2) is 53.3 Å². The van der Waals surface area contributed by atoms with Crippen LogP contribution in [0.4, 0.5) is 10.8 Å². The first-order valence-electron chi connectivity index (χ1n) is 6.17. The number of aromatic nitrogens is 2. The zero-order chi connectivity index (χ0) is 13.1. The molecule has 1 fully saturated rings. The summed E-state index contributed by atoms with van der Waals surface area (Å²) in [5.41, 5.74) is 0. The van der Waals surface area contributed by atoms with Crippen molar-refractivity contribution in [3.05, 3.63) is 5.89 Å². The number of carbonyl (C=O) groups excluding carboxylic acids is 1. The maximum absolute atomic E-state index is 11.8. The van der Waals surface area contributed by atoms with E-state index in [1.165, 1.54) is 0 Å². The summed E-state index contributed by atoms with van der Waals surface area (Å²) in [7, 11) is 0. The van der Waals surface area contributed by atoms with Crippen LogP contribution >= 0.6 is 0 Å². The lowest BCUT2D eigenvalue weighted by molar-refractivity contribution is 0.191. The van der Waals surface area contributed by atoms with Gasteiger partial charge in [0.2, 0.25) is 5.89 Å². The number of nitrogens with zero attached hydrogens (tertiary/aromatic N) is 4. The molecule has 1 aromatic heterocycles. The largest absolute Gasteiger partial charge is 0.408 e. The number of piperazine rings is 1. The third kappa shape index (κ3) is 2.91. The average Bonchev–Trinajstić information content (AvgIpc) is 2.75. The molecule has 7 heteroatoms. The van der Waals surface area contributed by atoms with E-state index in [-0.39, 0.29) is 12.1 Å². The Labute approximate surface area is 106 Å². The Morgan fingerprint density at radius 2 is 1.94 bits per heavy atom. The van der Waals surface area contributed by atoms with E-state index in [0.29, 0.717) is 38.1 Å². The van der Waals surface area contributed by atoms with Crippen LogP contribution in [0.5, 0.6) is 0 Å². The molecule has 2 amide bonds. The second-order valence-electron chi connectivity index (χ2n) is 4.68. The molecule has 0 atom stereocenters. The summed E-state index contributed by atoms with van der Waals surface area (Å²) in [5, 5.41) is 10.7. The summed E-state index contributed by atoms with van der Waals surface area (Å²) < 4.78 is 5.37. The normalized spacial score (nSPS) is 16.2.